The second-order valence-corrected chi connectivity index (χ2v) is 7.42. The number of likely N-dealkylation sites (N-methyl/N-ethyl adjacent to an activating group) is 1. The molecular weight excluding hydrogens is 495 g/mol. The molecule has 1 aromatic rings. The standard InChI is InChI=1S/C21H38N6O2.HI/c1-5-22-21(24-9-11-26(3)10-6-13-28-4)25-16-19-7-8-23-20(15-19)27-12-14-29-18(2)17-27;/h7-8,15,18H,5-6,9-14,16-17H2,1-4H3,(H2,22,24,25);1H. The van der Waals surface area contributed by atoms with Crippen molar-refractivity contribution in [3.63, 3.8) is 0 Å². The summed E-state index contributed by atoms with van der Waals surface area (Å²) in [7, 11) is 3.88. The van der Waals surface area contributed by atoms with Crippen LogP contribution >= 0.6 is 24.0 Å². The predicted molar refractivity (Wildman–Crippen MR) is 134 cm³/mol. The fourth-order valence-corrected chi connectivity index (χ4v) is 3.23. The summed E-state index contributed by atoms with van der Waals surface area (Å²) < 4.78 is 10.7. The van der Waals surface area contributed by atoms with E-state index in [1.54, 1.807) is 7.11 Å². The van der Waals surface area contributed by atoms with Gasteiger partial charge in [0.15, 0.2) is 5.96 Å². The molecule has 30 heavy (non-hydrogen) atoms. The van der Waals surface area contributed by atoms with Gasteiger partial charge in [-0.2, -0.15) is 0 Å². The monoisotopic (exact) mass is 534 g/mol. The topological polar surface area (TPSA) is 74.2 Å². The van der Waals surface area contributed by atoms with Crippen LogP contribution in [0.1, 0.15) is 25.8 Å². The summed E-state index contributed by atoms with van der Waals surface area (Å²) in [6, 6.07) is 4.17. The number of ether oxygens (including phenoxy) is 2. The number of aromatic nitrogens is 1. The van der Waals surface area contributed by atoms with Crippen LogP contribution in [-0.4, -0.2) is 88.6 Å². The number of morpholine rings is 1. The number of nitrogens with zero attached hydrogens (tertiary/aromatic N) is 4. The van der Waals surface area contributed by atoms with Gasteiger partial charge in [0.25, 0.3) is 0 Å². The van der Waals surface area contributed by atoms with Gasteiger partial charge in [-0.05, 0) is 45.0 Å². The number of pyridine rings is 1. The first-order valence-electron chi connectivity index (χ1n) is 10.6. The Morgan fingerprint density at radius 3 is 2.97 bits per heavy atom. The lowest BCUT2D eigenvalue weighted by Crippen LogP contribution is -2.41. The van der Waals surface area contributed by atoms with Gasteiger partial charge in [-0.3, -0.25) is 0 Å². The molecule has 8 nitrogen and oxygen atoms in total. The Hall–Kier alpha value is -1.17. The maximum absolute atomic E-state index is 5.63. The maximum Gasteiger partial charge on any atom is 0.191 e. The van der Waals surface area contributed by atoms with Crippen LogP contribution in [0.4, 0.5) is 5.82 Å². The minimum absolute atomic E-state index is 0. The first-order valence-corrected chi connectivity index (χ1v) is 10.6. The Morgan fingerprint density at radius 1 is 1.40 bits per heavy atom. The van der Waals surface area contributed by atoms with Crippen molar-refractivity contribution in [1.29, 1.82) is 0 Å². The molecule has 1 aliphatic heterocycles. The van der Waals surface area contributed by atoms with E-state index >= 15 is 0 Å². The summed E-state index contributed by atoms with van der Waals surface area (Å²) in [5, 5.41) is 6.74. The molecule has 1 atom stereocenters. The third kappa shape index (κ3) is 10.2. The zero-order valence-corrected chi connectivity index (χ0v) is 21.2. The summed E-state index contributed by atoms with van der Waals surface area (Å²) >= 11 is 0. The largest absolute Gasteiger partial charge is 0.385 e. The van der Waals surface area contributed by atoms with Gasteiger partial charge < -0.3 is 29.9 Å². The number of guanidine groups is 1. The highest BCUT2D eigenvalue weighted by Crippen LogP contribution is 2.16. The van der Waals surface area contributed by atoms with E-state index in [1.807, 2.05) is 12.3 Å². The zero-order valence-electron chi connectivity index (χ0n) is 18.9. The number of hydrogen-bond donors (Lipinski definition) is 2. The van der Waals surface area contributed by atoms with Gasteiger partial charge in [-0.25, -0.2) is 9.98 Å². The zero-order chi connectivity index (χ0) is 20.9. The second-order valence-electron chi connectivity index (χ2n) is 7.42. The van der Waals surface area contributed by atoms with Crippen molar-refractivity contribution in [2.45, 2.75) is 32.9 Å². The predicted octanol–water partition coefficient (Wildman–Crippen LogP) is 1.95. The Morgan fingerprint density at radius 2 is 2.23 bits per heavy atom. The summed E-state index contributed by atoms with van der Waals surface area (Å²) in [6.45, 7) is 11.8. The molecule has 172 valence electrons. The SMILES string of the molecule is CCNC(=NCc1ccnc(N2CCOC(C)C2)c1)NCCN(C)CCCOC.I. The van der Waals surface area contributed by atoms with E-state index in [-0.39, 0.29) is 30.1 Å². The average Bonchev–Trinajstić information content (AvgIpc) is 2.72. The van der Waals surface area contributed by atoms with Crippen molar-refractivity contribution in [1.82, 2.24) is 20.5 Å². The van der Waals surface area contributed by atoms with Gasteiger partial charge in [-0.1, -0.05) is 0 Å². The third-order valence-corrected chi connectivity index (χ3v) is 4.81. The molecule has 0 amide bonds. The fourth-order valence-electron chi connectivity index (χ4n) is 3.23. The normalized spacial score (nSPS) is 17.0. The van der Waals surface area contributed by atoms with Gasteiger partial charge >= 0.3 is 0 Å². The van der Waals surface area contributed by atoms with Crippen molar-refractivity contribution in [3.8, 4) is 0 Å². The molecule has 2 rings (SSSR count). The average molecular weight is 534 g/mol. The van der Waals surface area contributed by atoms with Crippen molar-refractivity contribution >= 4 is 35.8 Å². The Labute approximate surface area is 198 Å². The van der Waals surface area contributed by atoms with Crippen LogP contribution in [-0.2, 0) is 16.0 Å². The summed E-state index contributed by atoms with van der Waals surface area (Å²) in [6.07, 6.45) is 3.16. The number of halogens is 1. The molecule has 1 aliphatic rings. The van der Waals surface area contributed by atoms with E-state index in [9.17, 15) is 0 Å². The van der Waals surface area contributed by atoms with E-state index in [4.69, 9.17) is 14.5 Å². The highest BCUT2D eigenvalue weighted by atomic mass is 127. The number of rotatable bonds is 11. The summed E-state index contributed by atoms with van der Waals surface area (Å²) in [4.78, 5) is 13.9. The molecule has 1 saturated heterocycles. The molecular formula is C21H39IN6O2. The van der Waals surface area contributed by atoms with Gasteiger partial charge in [0.05, 0.1) is 19.3 Å². The van der Waals surface area contributed by atoms with Crippen LogP contribution in [0.15, 0.2) is 23.3 Å². The van der Waals surface area contributed by atoms with Crippen molar-refractivity contribution in [2.75, 3.05) is 71.5 Å². The summed E-state index contributed by atoms with van der Waals surface area (Å²) in [5.74, 6) is 1.85. The van der Waals surface area contributed by atoms with Crippen LogP contribution < -0.4 is 15.5 Å². The van der Waals surface area contributed by atoms with Crippen molar-refractivity contribution in [3.05, 3.63) is 23.9 Å². The van der Waals surface area contributed by atoms with Gasteiger partial charge in [0.2, 0.25) is 0 Å². The number of methoxy groups -OCH3 is 1. The lowest BCUT2D eigenvalue weighted by atomic mass is 10.2. The number of hydrogen-bond acceptors (Lipinski definition) is 6. The third-order valence-electron chi connectivity index (χ3n) is 4.81. The molecule has 9 heteroatoms. The first kappa shape index (κ1) is 26.9. The molecule has 2 N–H and O–H groups in total. The Bertz CT molecular complexity index is 619. The fraction of sp³-hybridized carbons (Fsp3) is 0.714. The summed E-state index contributed by atoms with van der Waals surface area (Å²) in [5.41, 5.74) is 1.16. The minimum Gasteiger partial charge on any atom is -0.385 e. The van der Waals surface area contributed by atoms with Crippen LogP contribution in [0.3, 0.4) is 0 Å². The van der Waals surface area contributed by atoms with Crippen molar-refractivity contribution < 1.29 is 9.47 Å². The van der Waals surface area contributed by atoms with E-state index in [0.29, 0.717) is 6.54 Å². The molecule has 1 fully saturated rings. The first-order chi connectivity index (χ1) is 14.1. The van der Waals surface area contributed by atoms with Crippen LogP contribution in [0.25, 0.3) is 0 Å². The molecule has 0 aliphatic carbocycles. The highest BCUT2D eigenvalue weighted by Gasteiger charge is 2.17. The molecule has 0 spiro atoms. The molecule has 0 radical (unpaired) electrons. The lowest BCUT2D eigenvalue weighted by molar-refractivity contribution is 0.0529. The number of nitrogens with one attached hydrogen (secondary N) is 2. The molecule has 1 aromatic heterocycles. The second kappa shape index (κ2) is 15.6. The van der Waals surface area contributed by atoms with Gasteiger partial charge in [0.1, 0.15) is 5.82 Å². The van der Waals surface area contributed by atoms with Crippen LogP contribution in [0, 0.1) is 0 Å². The van der Waals surface area contributed by atoms with Gasteiger partial charge in [-0.15, -0.1) is 24.0 Å². The molecule has 0 aromatic carbocycles. The Balaban J connectivity index is 0.00000450. The molecule has 1 unspecified atom stereocenters. The van der Waals surface area contributed by atoms with Gasteiger partial charge in [0, 0.05) is 59.2 Å². The van der Waals surface area contributed by atoms with E-state index < -0.39 is 0 Å². The van der Waals surface area contributed by atoms with Crippen LogP contribution in [0.2, 0.25) is 0 Å². The smallest absolute Gasteiger partial charge is 0.191 e. The number of aliphatic imine (C=N–C) groups is 1. The lowest BCUT2D eigenvalue weighted by Gasteiger charge is -2.32. The van der Waals surface area contributed by atoms with E-state index in [1.165, 1.54) is 0 Å². The number of anilines is 1. The maximum atomic E-state index is 5.63. The molecule has 0 bridgehead atoms. The highest BCUT2D eigenvalue weighted by molar-refractivity contribution is 14.0. The van der Waals surface area contributed by atoms with Crippen molar-refractivity contribution in [2.24, 2.45) is 4.99 Å². The van der Waals surface area contributed by atoms with Crippen LogP contribution in [0.5, 0.6) is 0 Å². The minimum atomic E-state index is 0. The van der Waals surface area contributed by atoms with E-state index in [0.717, 1.165) is 76.2 Å². The van der Waals surface area contributed by atoms with E-state index in [2.05, 4.69) is 52.4 Å². The Kier molecular flexibility index (Phi) is 14.0. The molecule has 0 saturated carbocycles. The quantitative estimate of drug-likeness (QED) is 0.195. The molecule has 2 heterocycles.